The van der Waals surface area contributed by atoms with Crippen LogP contribution in [0.4, 0.5) is 5.69 Å². The molecular weight excluding hydrogens is 338 g/mol. The van der Waals surface area contributed by atoms with Crippen LogP contribution in [0.25, 0.3) is 11.5 Å². The van der Waals surface area contributed by atoms with Gasteiger partial charge in [0.2, 0.25) is 5.89 Å². The Labute approximate surface area is 140 Å². The Balaban J connectivity index is 1.74. The first-order valence-corrected chi connectivity index (χ1v) is 7.94. The van der Waals surface area contributed by atoms with Crippen LogP contribution in [0.2, 0.25) is 5.02 Å². The zero-order valence-corrected chi connectivity index (χ0v) is 13.3. The van der Waals surface area contributed by atoms with Gasteiger partial charge in [-0.15, -0.1) is 10.2 Å². The number of thioether (sulfide) groups is 1. The molecule has 0 saturated heterocycles. The number of nitrogens with zero attached hydrogens (tertiary/aromatic N) is 3. The first-order chi connectivity index (χ1) is 11.1. The molecular formula is C15H10ClN3O3S. The van der Waals surface area contributed by atoms with E-state index in [2.05, 4.69) is 10.2 Å². The minimum absolute atomic E-state index is 0.0222. The van der Waals surface area contributed by atoms with Crippen molar-refractivity contribution in [3.8, 4) is 11.5 Å². The number of benzene rings is 2. The van der Waals surface area contributed by atoms with Crippen LogP contribution in [-0.2, 0) is 5.75 Å². The van der Waals surface area contributed by atoms with Crippen molar-refractivity contribution in [3.05, 3.63) is 69.2 Å². The summed E-state index contributed by atoms with van der Waals surface area (Å²) >= 11 is 7.45. The molecule has 0 atom stereocenters. The Morgan fingerprint density at radius 1 is 1.17 bits per heavy atom. The predicted molar refractivity (Wildman–Crippen MR) is 87.4 cm³/mol. The Kier molecular flexibility index (Phi) is 4.59. The van der Waals surface area contributed by atoms with Crippen LogP contribution < -0.4 is 0 Å². The zero-order chi connectivity index (χ0) is 16.2. The van der Waals surface area contributed by atoms with Gasteiger partial charge < -0.3 is 4.42 Å². The summed E-state index contributed by atoms with van der Waals surface area (Å²) in [4.78, 5) is 10.3. The second kappa shape index (κ2) is 6.80. The molecule has 0 bridgehead atoms. The second-order valence-electron chi connectivity index (χ2n) is 4.56. The average molecular weight is 348 g/mol. The Bertz CT molecular complexity index is 853. The van der Waals surface area contributed by atoms with E-state index in [9.17, 15) is 10.1 Å². The fourth-order valence-electron chi connectivity index (χ4n) is 1.89. The molecule has 0 aliphatic carbocycles. The number of hydrogen-bond donors (Lipinski definition) is 0. The number of non-ortho nitro benzene ring substituents is 1. The van der Waals surface area contributed by atoms with Gasteiger partial charge in [0.1, 0.15) is 0 Å². The highest BCUT2D eigenvalue weighted by Crippen LogP contribution is 2.29. The summed E-state index contributed by atoms with van der Waals surface area (Å²) in [5.41, 5.74) is 1.46. The Hall–Kier alpha value is -2.38. The standard InChI is InChI=1S/C15H10ClN3O3S/c16-13-7-2-1-4-11(13)9-23-15-18-17-14(22-15)10-5-3-6-12(8-10)19(20)21/h1-8H,9H2. The summed E-state index contributed by atoms with van der Waals surface area (Å²) in [6.07, 6.45) is 0. The predicted octanol–water partition coefficient (Wildman–Crippen LogP) is 4.59. The minimum Gasteiger partial charge on any atom is -0.411 e. The van der Waals surface area contributed by atoms with Gasteiger partial charge in [-0.05, 0) is 17.7 Å². The van der Waals surface area contributed by atoms with Crippen molar-refractivity contribution < 1.29 is 9.34 Å². The Morgan fingerprint density at radius 2 is 2.00 bits per heavy atom. The molecule has 116 valence electrons. The van der Waals surface area contributed by atoms with Crippen molar-refractivity contribution in [1.29, 1.82) is 0 Å². The van der Waals surface area contributed by atoms with E-state index in [1.807, 2.05) is 24.3 Å². The molecule has 0 radical (unpaired) electrons. The minimum atomic E-state index is -0.465. The maximum Gasteiger partial charge on any atom is 0.277 e. The van der Waals surface area contributed by atoms with Crippen LogP contribution in [0.1, 0.15) is 5.56 Å². The third kappa shape index (κ3) is 3.69. The van der Waals surface area contributed by atoms with Gasteiger partial charge in [-0.2, -0.15) is 0 Å². The Morgan fingerprint density at radius 3 is 2.78 bits per heavy atom. The van der Waals surface area contributed by atoms with Crippen molar-refractivity contribution in [3.63, 3.8) is 0 Å². The zero-order valence-electron chi connectivity index (χ0n) is 11.7. The number of aromatic nitrogens is 2. The lowest BCUT2D eigenvalue weighted by atomic mass is 10.2. The van der Waals surface area contributed by atoms with E-state index in [4.69, 9.17) is 16.0 Å². The molecule has 0 spiro atoms. The number of nitro benzene ring substituents is 1. The van der Waals surface area contributed by atoms with Crippen molar-refractivity contribution in [2.45, 2.75) is 11.0 Å². The first-order valence-electron chi connectivity index (χ1n) is 6.58. The quantitative estimate of drug-likeness (QED) is 0.381. The van der Waals surface area contributed by atoms with Crippen molar-refractivity contribution in [1.82, 2.24) is 10.2 Å². The lowest BCUT2D eigenvalue weighted by Gasteiger charge is -2.00. The highest BCUT2D eigenvalue weighted by atomic mass is 35.5. The number of hydrogen-bond acceptors (Lipinski definition) is 6. The lowest BCUT2D eigenvalue weighted by Crippen LogP contribution is -1.88. The molecule has 3 rings (SSSR count). The van der Waals surface area contributed by atoms with Gasteiger partial charge in [0.05, 0.1) is 4.92 Å². The molecule has 0 fully saturated rings. The second-order valence-corrected chi connectivity index (χ2v) is 5.89. The van der Waals surface area contributed by atoms with Crippen LogP contribution in [0.3, 0.4) is 0 Å². The van der Waals surface area contributed by atoms with Crippen molar-refractivity contribution in [2.75, 3.05) is 0 Å². The monoisotopic (exact) mass is 347 g/mol. The van der Waals surface area contributed by atoms with Gasteiger partial charge in [0, 0.05) is 28.5 Å². The third-order valence-electron chi connectivity index (χ3n) is 3.02. The summed E-state index contributed by atoms with van der Waals surface area (Å²) in [5, 5.41) is 19.7. The number of rotatable bonds is 5. The number of halogens is 1. The molecule has 1 heterocycles. The molecule has 3 aromatic rings. The highest BCUT2D eigenvalue weighted by Gasteiger charge is 2.13. The van der Waals surface area contributed by atoms with Gasteiger partial charge in [-0.25, -0.2) is 0 Å². The number of nitro groups is 1. The molecule has 2 aromatic carbocycles. The normalized spacial score (nSPS) is 10.7. The van der Waals surface area contributed by atoms with E-state index in [-0.39, 0.29) is 11.6 Å². The summed E-state index contributed by atoms with van der Waals surface area (Å²) < 4.78 is 5.54. The van der Waals surface area contributed by atoms with E-state index < -0.39 is 4.92 Å². The van der Waals surface area contributed by atoms with E-state index in [1.165, 1.54) is 23.9 Å². The molecule has 0 saturated carbocycles. The SMILES string of the molecule is O=[N+]([O-])c1cccc(-c2nnc(SCc3ccccc3Cl)o2)c1. The van der Waals surface area contributed by atoms with Gasteiger partial charge in [-0.1, -0.05) is 47.6 Å². The van der Waals surface area contributed by atoms with Crippen LogP contribution in [-0.4, -0.2) is 15.1 Å². The van der Waals surface area contributed by atoms with Gasteiger partial charge in [-0.3, -0.25) is 10.1 Å². The van der Waals surface area contributed by atoms with Crippen molar-refractivity contribution in [2.24, 2.45) is 0 Å². The van der Waals surface area contributed by atoms with Crippen LogP contribution in [0, 0.1) is 10.1 Å². The molecule has 0 amide bonds. The largest absolute Gasteiger partial charge is 0.411 e. The maximum absolute atomic E-state index is 10.8. The summed E-state index contributed by atoms with van der Waals surface area (Å²) in [7, 11) is 0. The van der Waals surface area contributed by atoms with Gasteiger partial charge in [0.25, 0.3) is 10.9 Å². The van der Waals surface area contributed by atoms with E-state index in [0.717, 1.165) is 5.56 Å². The van der Waals surface area contributed by atoms with Gasteiger partial charge in [0.15, 0.2) is 0 Å². The van der Waals surface area contributed by atoms with E-state index in [0.29, 0.717) is 21.6 Å². The van der Waals surface area contributed by atoms with Crippen LogP contribution in [0.15, 0.2) is 58.2 Å². The van der Waals surface area contributed by atoms with E-state index >= 15 is 0 Å². The molecule has 0 aliphatic heterocycles. The molecule has 23 heavy (non-hydrogen) atoms. The third-order valence-corrected chi connectivity index (χ3v) is 4.26. The van der Waals surface area contributed by atoms with E-state index in [1.54, 1.807) is 12.1 Å². The summed E-state index contributed by atoms with van der Waals surface area (Å²) in [6.45, 7) is 0. The summed E-state index contributed by atoms with van der Waals surface area (Å²) in [5.74, 6) is 0.839. The fraction of sp³-hybridized carbons (Fsp3) is 0.0667. The summed E-state index contributed by atoms with van der Waals surface area (Å²) in [6, 6.07) is 13.6. The molecule has 0 unspecified atom stereocenters. The maximum atomic E-state index is 10.8. The lowest BCUT2D eigenvalue weighted by molar-refractivity contribution is -0.384. The first kappa shape index (κ1) is 15.5. The molecule has 0 aliphatic rings. The molecule has 1 aromatic heterocycles. The smallest absolute Gasteiger partial charge is 0.277 e. The average Bonchev–Trinajstić information content (AvgIpc) is 3.03. The fourth-order valence-corrected chi connectivity index (χ4v) is 2.94. The molecule has 8 heteroatoms. The molecule has 6 nitrogen and oxygen atoms in total. The highest BCUT2D eigenvalue weighted by molar-refractivity contribution is 7.98. The van der Waals surface area contributed by atoms with Gasteiger partial charge >= 0.3 is 0 Å². The van der Waals surface area contributed by atoms with Crippen LogP contribution in [0.5, 0.6) is 0 Å². The molecule has 0 N–H and O–H groups in total. The van der Waals surface area contributed by atoms with Crippen LogP contribution >= 0.6 is 23.4 Å². The van der Waals surface area contributed by atoms with Crippen molar-refractivity contribution >= 4 is 29.1 Å². The topological polar surface area (TPSA) is 82.1 Å².